The molecule has 0 aliphatic rings. The minimum absolute atomic E-state index is 0.198. The molecule has 0 spiro atoms. The molecule has 2 N–H and O–H groups in total. The summed E-state index contributed by atoms with van der Waals surface area (Å²) in [4.78, 5) is 0. The highest BCUT2D eigenvalue weighted by molar-refractivity contribution is 5.49. The smallest absolute Gasteiger partial charge is 0.146 e. The van der Waals surface area contributed by atoms with Crippen LogP contribution in [-0.2, 0) is 6.42 Å². The van der Waals surface area contributed by atoms with Crippen LogP contribution in [0.2, 0.25) is 0 Å². The molecule has 1 aromatic heterocycles. The van der Waals surface area contributed by atoms with Gasteiger partial charge in [-0.15, -0.1) is 0 Å². The van der Waals surface area contributed by atoms with Gasteiger partial charge in [-0.1, -0.05) is 12.1 Å². The molecule has 1 heterocycles. The Kier molecular flexibility index (Phi) is 2.23. The Hall–Kier alpha value is -1.77. The van der Waals surface area contributed by atoms with Gasteiger partial charge in [0.05, 0.1) is 12.0 Å². The molecule has 0 radical (unpaired) electrons. The van der Waals surface area contributed by atoms with Gasteiger partial charge in [-0.05, 0) is 23.8 Å². The van der Waals surface area contributed by atoms with Gasteiger partial charge in [0.2, 0.25) is 0 Å². The van der Waals surface area contributed by atoms with Crippen LogP contribution in [-0.4, -0.2) is 0 Å². The largest absolute Gasteiger partial charge is 0.469 e. The first-order chi connectivity index (χ1) is 6.77. The number of hydrogen-bond donors (Lipinski definition) is 1. The number of hydrogen-bond acceptors (Lipinski definition) is 2. The fraction of sp³-hybridized carbons (Fsp3) is 0.0909. The fourth-order valence-electron chi connectivity index (χ4n) is 1.34. The number of furan rings is 1. The van der Waals surface area contributed by atoms with Gasteiger partial charge in [0.15, 0.2) is 0 Å². The first-order valence-corrected chi connectivity index (χ1v) is 4.32. The molecule has 0 aliphatic carbocycles. The third-order valence-corrected chi connectivity index (χ3v) is 2.09. The number of para-hydroxylation sites is 1. The molecule has 0 unspecified atom stereocenters. The van der Waals surface area contributed by atoms with Crippen LogP contribution >= 0.6 is 0 Å². The van der Waals surface area contributed by atoms with E-state index in [4.69, 9.17) is 10.2 Å². The summed E-state index contributed by atoms with van der Waals surface area (Å²) in [6, 6.07) is 8.42. The summed E-state index contributed by atoms with van der Waals surface area (Å²) in [7, 11) is 0. The van der Waals surface area contributed by atoms with Crippen LogP contribution < -0.4 is 5.73 Å². The summed E-state index contributed by atoms with van der Waals surface area (Å²) in [6.45, 7) is 0. The van der Waals surface area contributed by atoms with E-state index in [2.05, 4.69) is 0 Å². The van der Waals surface area contributed by atoms with Crippen molar-refractivity contribution < 1.29 is 8.81 Å². The zero-order chi connectivity index (χ0) is 9.97. The van der Waals surface area contributed by atoms with Crippen molar-refractivity contribution in [1.82, 2.24) is 0 Å². The zero-order valence-electron chi connectivity index (χ0n) is 7.53. The number of nitrogens with two attached hydrogens (primary N) is 1. The standard InChI is InChI=1S/C11H10FNO/c12-10-5-1-3-8(11(10)13)7-9-4-2-6-14-9/h1-6H,7,13H2. The maximum atomic E-state index is 13.1. The summed E-state index contributed by atoms with van der Waals surface area (Å²) >= 11 is 0. The predicted octanol–water partition coefficient (Wildman–Crippen LogP) is 2.59. The third-order valence-electron chi connectivity index (χ3n) is 2.09. The van der Waals surface area contributed by atoms with Gasteiger partial charge in [-0.3, -0.25) is 0 Å². The lowest BCUT2D eigenvalue weighted by Crippen LogP contribution is -1.97. The molecule has 0 saturated carbocycles. The van der Waals surface area contributed by atoms with Gasteiger partial charge < -0.3 is 10.2 Å². The van der Waals surface area contributed by atoms with Crippen molar-refractivity contribution in [3.8, 4) is 0 Å². The number of halogens is 1. The lowest BCUT2D eigenvalue weighted by molar-refractivity contribution is 0.520. The van der Waals surface area contributed by atoms with Crippen LogP contribution in [0, 0.1) is 5.82 Å². The first-order valence-electron chi connectivity index (χ1n) is 4.32. The van der Waals surface area contributed by atoms with Crippen LogP contribution in [0.1, 0.15) is 11.3 Å². The molecule has 2 rings (SSSR count). The normalized spacial score (nSPS) is 10.4. The Morgan fingerprint density at radius 1 is 1.21 bits per heavy atom. The van der Waals surface area contributed by atoms with Gasteiger partial charge in [0.25, 0.3) is 0 Å². The second kappa shape index (κ2) is 3.54. The Labute approximate surface area is 81.2 Å². The number of anilines is 1. The molecular formula is C11H10FNO. The van der Waals surface area contributed by atoms with Crippen molar-refractivity contribution in [3.05, 3.63) is 53.7 Å². The monoisotopic (exact) mass is 191 g/mol. The molecule has 72 valence electrons. The van der Waals surface area contributed by atoms with E-state index in [9.17, 15) is 4.39 Å². The molecule has 0 saturated heterocycles. The molecule has 3 heteroatoms. The molecule has 0 aliphatic heterocycles. The van der Waals surface area contributed by atoms with Crippen LogP contribution in [0.5, 0.6) is 0 Å². The summed E-state index contributed by atoms with van der Waals surface area (Å²) in [5, 5.41) is 0. The predicted molar refractivity (Wildman–Crippen MR) is 52.3 cm³/mol. The second-order valence-corrected chi connectivity index (χ2v) is 3.07. The van der Waals surface area contributed by atoms with Crippen LogP contribution in [0.4, 0.5) is 10.1 Å². The SMILES string of the molecule is Nc1c(F)cccc1Cc1ccco1. The van der Waals surface area contributed by atoms with E-state index in [1.165, 1.54) is 6.07 Å². The Morgan fingerprint density at radius 3 is 2.79 bits per heavy atom. The van der Waals surface area contributed by atoms with E-state index in [0.29, 0.717) is 6.42 Å². The minimum Gasteiger partial charge on any atom is -0.469 e. The van der Waals surface area contributed by atoms with Crippen molar-refractivity contribution in [2.45, 2.75) is 6.42 Å². The van der Waals surface area contributed by atoms with E-state index in [-0.39, 0.29) is 11.5 Å². The highest BCUT2D eigenvalue weighted by Gasteiger charge is 2.06. The number of nitrogen functional groups attached to an aromatic ring is 1. The summed E-state index contributed by atoms with van der Waals surface area (Å²) in [5.74, 6) is 0.399. The first kappa shape index (κ1) is 8.81. The van der Waals surface area contributed by atoms with Crippen LogP contribution in [0.3, 0.4) is 0 Å². The molecule has 0 fully saturated rings. The van der Waals surface area contributed by atoms with Gasteiger partial charge in [0, 0.05) is 6.42 Å². The summed E-state index contributed by atoms with van der Waals surface area (Å²) in [6.07, 6.45) is 2.11. The topological polar surface area (TPSA) is 39.2 Å². The van der Waals surface area contributed by atoms with Crippen molar-refractivity contribution in [2.24, 2.45) is 0 Å². The van der Waals surface area contributed by atoms with Gasteiger partial charge in [0.1, 0.15) is 11.6 Å². The average Bonchev–Trinajstić information content (AvgIpc) is 2.66. The number of benzene rings is 1. The van der Waals surface area contributed by atoms with Crippen molar-refractivity contribution in [1.29, 1.82) is 0 Å². The average molecular weight is 191 g/mol. The van der Waals surface area contributed by atoms with Crippen molar-refractivity contribution in [3.63, 3.8) is 0 Å². The molecular weight excluding hydrogens is 181 g/mol. The van der Waals surface area contributed by atoms with Crippen molar-refractivity contribution >= 4 is 5.69 Å². The molecule has 2 aromatic rings. The van der Waals surface area contributed by atoms with E-state index in [0.717, 1.165) is 11.3 Å². The van der Waals surface area contributed by atoms with Crippen LogP contribution in [0.25, 0.3) is 0 Å². The minimum atomic E-state index is -0.381. The Bertz CT molecular complexity index is 423. The Balaban J connectivity index is 2.29. The Morgan fingerprint density at radius 2 is 2.07 bits per heavy atom. The zero-order valence-corrected chi connectivity index (χ0v) is 7.53. The van der Waals surface area contributed by atoms with E-state index in [1.54, 1.807) is 24.5 Å². The highest BCUT2D eigenvalue weighted by atomic mass is 19.1. The summed E-state index contributed by atoms with van der Waals surface area (Å²) < 4.78 is 18.2. The van der Waals surface area contributed by atoms with Crippen molar-refractivity contribution in [2.75, 3.05) is 5.73 Å². The molecule has 14 heavy (non-hydrogen) atoms. The lowest BCUT2D eigenvalue weighted by Gasteiger charge is -2.03. The molecule has 2 nitrogen and oxygen atoms in total. The van der Waals surface area contributed by atoms with E-state index < -0.39 is 0 Å². The lowest BCUT2D eigenvalue weighted by atomic mass is 10.1. The van der Waals surface area contributed by atoms with Gasteiger partial charge in [-0.25, -0.2) is 4.39 Å². The molecule has 0 bridgehead atoms. The van der Waals surface area contributed by atoms with Crippen LogP contribution in [0.15, 0.2) is 41.0 Å². The summed E-state index contributed by atoms with van der Waals surface area (Å²) in [5.41, 5.74) is 6.53. The maximum Gasteiger partial charge on any atom is 0.146 e. The highest BCUT2D eigenvalue weighted by Crippen LogP contribution is 2.19. The molecule has 0 amide bonds. The van der Waals surface area contributed by atoms with Gasteiger partial charge in [-0.2, -0.15) is 0 Å². The van der Waals surface area contributed by atoms with E-state index >= 15 is 0 Å². The fourth-order valence-corrected chi connectivity index (χ4v) is 1.34. The van der Waals surface area contributed by atoms with Gasteiger partial charge >= 0.3 is 0 Å². The van der Waals surface area contributed by atoms with E-state index in [1.807, 2.05) is 6.07 Å². The number of rotatable bonds is 2. The second-order valence-electron chi connectivity index (χ2n) is 3.07. The maximum absolute atomic E-state index is 13.1. The third kappa shape index (κ3) is 1.62. The molecule has 0 atom stereocenters. The molecule has 1 aromatic carbocycles. The quantitative estimate of drug-likeness (QED) is 0.741.